The number of nitrogens with zero attached hydrogens (tertiary/aromatic N) is 2. The van der Waals surface area contributed by atoms with Crippen LogP contribution in [0.15, 0.2) is 54.7 Å². The summed E-state index contributed by atoms with van der Waals surface area (Å²) >= 11 is 6.08. The van der Waals surface area contributed by atoms with Gasteiger partial charge in [-0.05, 0) is 61.7 Å². The number of rotatable bonds is 8. The number of aryl methyl sites for hydroxylation is 2. The number of nitriles is 1. The number of nitrogens with one attached hydrogen (secondary N) is 4. The smallest absolute Gasteiger partial charge is 0.324 e. The van der Waals surface area contributed by atoms with Crippen LogP contribution in [0.2, 0.25) is 5.02 Å². The van der Waals surface area contributed by atoms with E-state index in [-0.39, 0.29) is 11.8 Å². The molecule has 9 nitrogen and oxygen atoms in total. The molecule has 10 heteroatoms. The van der Waals surface area contributed by atoms with Crippen LogP contribution in [0.5, 0.6) is 5.75 Å². The first-order valence-corrected chi connectivity index (χ1v) is 11.2. The molecule has 0 bridgehead atoms. The number of para-hydroxylation sites is 1. The molecule has 1 heterocycles. The van der Waals surface area contributed by atoms with Crippen molar-refractivity contribution in [2.24, 2.45) is 0 Å². The molecule has 1 aromatic heterocycles. The number of halogens is 1. The van der Waals surface area contributed by atoms with Gasteiger partial charge in [0.1, 0.15) is 17.6 Å². The van der Waals surface area contributed by atoms with Crippen molar-refractivity contribution in [2.75, 3.05) is 29.1 Å². The average Bonchev–Trinajstić information content (AvgIpc) is 2.83. The van der Waals surface area contributed by atoms with Crippen LogP contribution < -0.4 is 26.0 Å². The Balaban J connectivity index is 1.47. The number of aromatic nitrogens is 1. The number of urea groups is 2. The summed E-state index contributed by atoms with van der Waals surface area (Å²) in [6.07, 6.45) is 1.91. The zero-order chi connectivity index (χ0) is 25.2. The molecule has 0 spiro atoms. The third-order valence-corrected chi connectivity index (χ3v) is 5.14. The molecule has 0 atom stereocenters. The van der Waals surface area contributed by atoms with Crippen molar-refractivity contribution in [2.45, 2.75) is 20.3 Å². The van der Waals surface area contributed by atoms with E-state index >= 15 is 0 Å². The molecule has 4 N–H and O–H groups in total. The maximum atomic E-state index is 12.4. The van der Waals surface area contributed by atoms with Crippen molar-refractivity contribution < 1.29 is 14.3 Å². The van der Waals surface area contributed by atoms with Crippen LogP contribution in [0, 0.1) is 25.2 Å². The summed E-state index contributed by atoms with van der Waals surface area (Å²) in [5.41, 5.74) is 3.55. The number of benzene rings is 2. The first-order chi connectivity index (χ1) is 16.9. The van der Waals surface area contributed by atoms with Crippen molar-refractivity contribution in [3.8, 4) is 11.8 Å². The predicted octanol–water partition coefficient (Wildman–Crippen LogP) is 5.46. The number of hydrogen-bond acceptors (Lipinski definition) is 5. The van der Waals surface area contributed by atoms with Gasteiger partial charge in [0.15, 0.2) is 0 Å². The lowest BCUT2D eigenvalue weighted by Crippen LogP contribution is -2.30. The van der Waals surface area contributed by atoms with Crippen LogP contribution in [0.25, 0.3) is 0 Å². The summed E-state index contributed by atoms with van der Waals surface area (Å²) in [6.45, 7) is 4.58. The van der Waals surface area contributed by atoms with Crippen LogP contribution in [-0.4, -0.2) is 30.2 Å². The lowest BCUT2D eigenvalue weighted by molar-refractivity contribution is 0.250. The standard InChI is InChI=1S/C25H25ClN6O3/c1-16-5-3-6-17(2)23(16)32-24(33)28-11-4-12-35-21-9-8-19(26)13-20(21)30-25(34)31-22-10-7-18(14-27)15-29-22/h3,5-10,13,15H,4,11-12H2,1-2H3,(H2,28,32,33)(H2,29,30,31,34). The number of ether oxygens (including phenoxy) is 1. The zero-order valence-corrected chi connectivity index (χ0v) is 20.1. The molecule has 3 aromatic rings. The Morgan fingerprint density at radius 1 is 1.03 bits per heavy atom. The first kappa shape index (κ1) is 25.3. The van der Waals surface area contributed by atoms with E-state index in [0.717, 1.165) is 16.8 Å². The van der Waals surface area contributed by atoms with Gasteiger partial charge in [0.2, 0.25) is 0 Å². The molecule has 0 aliphatic carbocycles. The van der Waals surface area contributed by atoms with E-state index in [4.69, 9.17) is 21.6 Å². The average molecular weight is 493 g/mol. The molecule has 3 rings (SSSR count). The van der Waals surface area contributed by atoms with E-state index in [1.165, 1.54) is 12.3 Å². The fraction of sp³-hybridized carbons (Fsp3) is 0.200. The first-order valence-electron chi connectivity index (χ1n) is 10.8. The quantitative estimate of drug-likeness (QED) is 0.310. The highest BCUT2D eigenvalue weighted by Gasteiger charge is 2.11. The van der Waals surface area contributed by atoms with Crippen molar-refractivity contribution in [3.05, 3.63) is 76.4 Å². The Bertz CT molecular complexity index is 1220. The molecule has 0 aliphatic rings. The van der Waals surface area contributed by atoms with E-state index in [1.807, 2.05) is 38.1 Å². The lowest BCUT2D eigenvalue weighted by atomic mass is 10.1. The molecule has 35 heavy (non-hydrogen) atoms. The fourth-order valence-electron chi connectivity index (χ4n) is 3.16. The third kappa shape index (κ3) is 7.62. The monoisotopic (exact) mass is 492 g/mol. The van der Waals surface area contributed by atoms with Crippen molar-refractivity contribution in [3.63, 3.8) is 0 Å². The zero-order valence-electron chi connectivity index (χ0n) is 19.3. The molecule has 4 amide bonds. The summed E-state index contributed by atoms with van der Waals surface area (Å²) in [7, 11) is 0. The number of amides is 4. The van der Waals surface area contributed by atoms with Crippen LogP contribution in [0.1, 0.15) is 23.1 Å². The third-order valence-electron chi connectivity index (χ3n) is 4.91. The molecule has 2 aromatic carbocycles. The van der Waals surface area contributed by atoms with E-state index in [9.17, 15) is 9.59 Å². The van der Waals surface area contributed by atoms with Gasteiger partial charge in [0.05, 0.1) is 17.9 Å². The van der Waals surface area contributed by atoms with Crippen LogP contribution in [-0.2, 0) is 0 Å². The number of carbonyl (C=O) groups excluding carboxylic acids is 2. The van der Waals surface area contributed by atoms with Gasteiger partial charge >= 0.3 is 12.1 Å². The van der Waals surface area contributed by atoms with Crippen molar-refractivity contribution in [1.82, 2.24) is 10.3 Å². The molecule has 0 unspecified atom stereocenters. The van der Waals surface area contributed by atoms with Crippen LogP contribution >= 0.6 is 11.6 Å². The predicted molar refractivity (Wildman–Crippen MR) is 136 cm³/mol. The van der Waals surface area contributed by atoms with Crippen LogP contribution in [0.4, 0.5) is 26.8 Å². The van der Waals surface area contributed by atoms with Gasteiger partial charge in [-0.3, -0.25) is 5.32 Å². The van der Waals surface area contributed by atoms with Gasteiger partial charge in [-0.15, -0.1) is 0 Å². The second-order valence-electron chi connectivity index (χ2n) is 7.61. The number of hydrogen-bond donors (Lipinski definition) is 4. The van der Waals surface area contributed by atoms with E-state index in [0.29, 0.717) is 41.6 Å². The molecular weight excluding hydrogens is 468 g/mol. The maximum absolute atomic E-state index is 12.4. The van der Waals surface area contributed by atoms with Gasteiger partial charge in [0.25, 0.3) is 0 Å². The minimum atomic E-state index is -0.542. The van der Waals surface area contributed by atoms with Crippen molar-refractivity contribution >= 4 is 40.9 Å². The minimum Gasteiger partial charge on any atom is -0.491 e. The van der Waals surface area contributed by atoms with E-state index in [2.05, 4.69) is 26.3 Å². The Morgan fingerprint density at radius 2 is 1.80 bits per heavy atom. The van der Waals surface area contributed by atoms with Gasteiger partial charge < -0.3 is 20.7 Å². The largest absolute Gasteiger partial charge is 0.491 e. The fourth-order valence-corrected chi connectivity index (χ4v) is 3.33. The number of carbonyl (C=O) groups is 2. The van der Waals surface area contributed by atoms with E-state index in [1.54, 1.807) is 24.3 Å². The van der Waals surface area contributed by atoms with Crippen molar-refractivity contribution in [1.29, 1.82) is 5.26 Å². The van der Waals surface area contributed by atoms with Gasteiger partial charge in [-0.2, -0.15) is 5.26 Å². The summed E-state index contributed by atoms with van der Waals surface area (Å²) < 4.78 is 5.79. The number of pyridine rings is 1. The second-order valence-corrected chi connectivity index (χ2v) is 8.05. The second kappa shape index (κ2) is 12.3. The summed E-state index contributed by atoms with van der Waals surface area (Å²) in [6, 6.07) is 14.9. The molecule has 0 saturated heterocycles. The van der Waals surface area contributed by atoms with Gasteiger partial charge in [0, 0.05) is 23.5 Å². The van der Waals surface area contributed by atoms with Gasteiger partial charge in [-0.1, -0.05) is 29.8 Å². The SMILES string of the molecule is Cc1cccc(C)c1NC(=O)NCCCOc1ccc(Cl)cc1NC(=O)Nc1ccc(C#N)cn1. The summed E-state index contributed by atoms with van der Waals surface area (Å²) in [5, 5.41) is 20.2. The minimum absolute atomic E-state index is 0.288. The molecule has 180 valence electrons. The Labute approximate surface area is 208 Å². The highest BCUT2D eigenvalue weighted by molar-refractivity contribution is 6.31. The lowest BCUT2D eigenvalue weighted by Gasteiger charge is -2.14. The molecule has 0 radical (unpaired) electrons. The maximum Gasteiger partial charge on any atom is 0.324 e. The Morgan fingerprint density at radius 3 is 2.49 bits per heavy atom. The molecular formula is C25H25ClN6O3. The molecule has 0 saturated carbocycles. The topological polar surface area (TPSA) is 128 Å². The Kier molecular flexibility index (Phi) is 8.87. The Hall–Kier alpha value is -4.29. The highest BCUT2D eigenvalue weighted by Crippen LogP contribution is 2.28. The van der Waals surface area contributed by atoms with E-state index < -0.39 is 6.03 Å². The summed E-state index contributed by atoms with van der Waals surface area (Å²) in [5.74, 6) is 0.716. The highest BCUT2D eigenvalue weighted by atomic mass is 35.5. The normalized spacial score (nSPS) is 10.1. The molecule has 0 fully saturated rings. The van der Waals surface area contributed by atoms with Gasteiger partial charge in [-0.25, -0.2) is 14.6 Å². The number of anilines is 3. The van der Waals surface area contributed by atoms with Crippen LogP contribution in [0.3, 0.4) is 0 Å². The molecule has 0 aliphatic heterocycles. The summed E-state index contributed by atoms with van der Waals surface area (Å²) in [4.78, 5) is 28.6.